The molecule has 1 heterocycles. The van der Waals surface area contributed by atoms with Crippen LogP contribution in [-0.2, 0) is 10.1 Å². The molecule has 1 N–H and O–H groups in total. The van der Waals surface area contributed by atoms with Crippen molar-refractivity contribution in [3.8, 4) is 0 Å². The minimum absolute atomic E-state index is 0.0572. The van der Waals surface area contributed by atoms with Gasteiger partial charge in [-0.2, -0.15) is 5.10 Å². The van der Waals surface area contributed by atoms with E-state index < -0.39 is 26.9 Å². The van der Waals surface area contributed by atoms with Gasteiger partial charge in [-0.05, 0) is 24.3 Å². The second kappa shape index (κ2) is 5.85. The van der Waals surface area contributed by atoms with Crippen LogP contribution in [0.15, 0.2) is 51.0 Å². The molecular weight excluding hydrogens is 303 g/mol. The van der Waals surface area contributed by atoms with Gasteiger partial charge < -0.3 is 8.97 Å². The highest BCUT2D eigenvalue weighted by Gasteiger charge is 2.10. The van der Waals surface area contributed by atoms with Gasteiger partial charge in [-0.3, -0.25) is 4.79 Å². The summed E-state index contributed by atoms with van der Waals surface area (Å²) in [6.07, 6.45) is 0.980. The van der Waals surface area contributed by atoms with E-state index in [0.29, 0.717) is 0 Å². The molecule has 0 aliphatic heterocycles. The summed E-state index contributed by atoms with van der Waals surface area (Å²) >= 11 is 0. The predicted octanol–water partition coefficient (Wildman–Crippen LogP) is 1.09. The van der Waals surface area contributed by atoms with E-state index >= 15 is 0 Å². The summed E-state index contributed by atoms with van der Waals surface area (Å²) in [5, 5.41) is 2.71. The Labute approximate surface area is 118 Å². The van der Waals surface area contributed by atoms with Crippen molar-refractivity contribution in [2.24, 2.45) is 5.10 Å². The summed E-state index contributed by atoms with van der Waals surface area (Å²) in [4.78, 5) is 11.6. The molecule has 0 unspecified atom stereocenters. The molecule has 0 bridgehead atoms. The zero-order chi connectivity index (χ0) is 15.5. The first-order valence-corrected chi connectivity index (χ1v) is 6.92. The van der Waals surface area contributed by atoms with Crippen LogP contribution < -0.4 is 5.43 Å². The molecule has 0 aliphatic carbocycles. The number of nitrogens with one attached hydrogen (secondary N) is 1. The lowest BCUT2D eigenvalue weighted by atomic mass is 10.2. The molecule has 2 aromatic rings. The van der Waals surface area contributed by atoms with Crippen LogP contribution in [0.25, 0.3) is 0 Å². The number of hydrogen-bond donors (Lipinski definition) is 1. The Kier molecular flexibility index (Phi) is 4.15. The van der Waals surface area contributed by atoms with Gasteiger partial charge in [0.05, 0.1) is 11.8 Å². The summed E-state index contributed by atoms with van der Waals surface area (Å²) in [6.45, 7) is 0. The van der Waals surface area contributed by atoms with Crippen molar-refractivity contribution in [1.82, 2.24) is 5.43 Å². The lowest BCUT2D eigenvalue weighted by Crippen LogP contribution is -2.18. The van der Waals surface area contributed by atoms with Crippen molar-refractivity contribution in [2.45, 2.75) is 5.09 Å². The highest BCUT2D eigenvalue weighted by Crippen LogP contribution is 2.11. The highest BCUT2D eigenvalue weighted by molar-refractivity contribution is 7.85. The molecule has 7 nitrogen and oxygen atoms in total. The molecule has 1 aromatic carbocycles. The zero-order valence-electron chi connectivity index (χ0n) is 10.3. The van der Waals surface area contributed by atoms with Crippen molar-refractivity contribution in [2.75, 3.05) is 0 Å². The van der Waals surface area contributed by atoms with Crippen LogP contribution in [0.3, 0.4) is 0 Å². The fourth-order valence-corrected chi connectivity index (χ4v) is 1.83. The highest BCUT2D eigenvalue weighted by atomic mass is 32.2. The maximum Gasteiger partial charge on any atom is 0.274 e. The molecule has 110 valence electrons. The normalized spacial score (nSPS) is 11.7. The van der Waals surface area contributed by atoms with E-state index in [1.165, 1.54) is 24.3 Å². The zero-order valence-corrected chi connectivity index (χ0v) is 11.1. The van der Waals surface area contributed by atoms with Gasteiger partial charge in [-0.1, -0.05) is 12.1 Å². The van der Waals surface area contributed by atoms with Gasteiger partial charge in [-0.15, -0.1) is 0 Å². The number of rotatable bonds is 4. The largest absolute Gasteiger partial charge is 0.742 e. The summed E-state index contributed by atoms with van der Waals surface area (Å²) in [5.41, 5.74) is 1.84. The molecular formula is C12H8FN2O5S-. The first-order chi connectivity index (χ1) is 9.88. The Morgan fingerprint density at radius 3 is 2.62 bits per heavy atom. The Hall–Kier alpha value is -2.52. The standard InChI is InChI=1S/C12H9FN2O5S/c13-10-4-2-1-3-9(10)12(16)15-14-7-8-5-6-11(20-8)21(17,18)19/h1-7H,(H,15,16)(H,17,18,19)/p-1/b14-7-. The third-order valence-electron chi connectivity index (χ3n) is 2.32. The van der Waals surface area contributed by atoms with Crippen molar-refractivity contribution in [3.05, 3.63) is 53.5 Å². The Morgan fingerprint density at radius 2 is 2.00 bits per heavy atom. The van der Waals surface area contributed by atoms with Gasteiger partial charge in [0.15, 0.2) is 10.1 Å². The minimum atomic E-state index is -4.69. The number of amides is 1. The second-order valence-electron chi connectivity index (χ2n) is 3.79. The molecule has 21 heavy (non-hydrogen) atoms. The molecule has 9 heteroatoms. The van der Waals surface area contributed by atoms with Crippen LogP contribution in [0.2, 0.25) is 0 Å². The van der Waals surface area contributed by atoms with Gasteiger partial charge in [-0.25, -0.2) is 18.2 Å². The number of carbonyl (C=O) groups is 1. The van der Waals surface area contributed by atoms with Crippen molar-refractivity contribution < 1.29 is 26.6 Å². The molecule has 0 fully saturated rings. The number of hydrogen-bond acceptors (Lipinski definition) is 6. The van der Waals surface area contributed by atoms with Crippen LogP contribution in [0.5, 0.6) is 0 Å². The first kappa shape index (κ1) is 14.9. The molecule has 0 aliphatic rings. The third kappa shape index (κ3) is 3.74. The van der Waals surface area contributed by atoms with Gasteiger partial charge in [0.25, 0.3) is 5.91 Å². The second-order valence-corrected chi connectivity index (χ2v) is 5.10. The van der Waals surface area contributed by atoms with E-state index in [-0.39, 0.29) is 11.3 Å². The average Bonchev–Trinajstić information content (AvgIpc) is 2.88. The molecule has 0 radical (unpaired) electrons. The maximum absolute atomic E-state index is 13.3. The summed E-state index contributed by atoms with van der Waals surface area (Å²) < 4.78 is 49.9. The van der Waals surface area contributed by atoms with Crippen LogP contribution in [0.1, 0.15) is 16.1 Å². The van der Waals surface area contributed by atoms with Crippen molar-refractivity contribution in [1.29, 1.82) is 0 Å². The van der Waals surface area contributed by atoms with E-state index in [4.69, 9.17) is 0 Å². The summed E-state index contributed by atoms with van der Waals surface area (Å²) in [6, 6.07) is 7.46. The molecule has 0 saturated heterocycles. The van der Waals surface area contributed by atoms with Crippen molar-refractivity contribution in [3.63, 3.8) is 0 Å². The monoisotopic (exact) mass is 311 g/mol. The topological polar surface area (TPSA) is 112 Å². The summed E-state index contributed by atoms with van der Waals surface area (Å²) in [5.74, 6) is -1.55. The molecule has 1 amide bonds. The number of carbonyl (C=O) groups excluding carboxylic acids is 1. The van der Waals surface area contributed by atoms with Gasteiger partial charge >= 0.3 is 0 Å². The summed E-state index contributed by atoms with van der Waals surface area (Å²) in [7, 11) is -4.69. The number of hydrazone groups is 1. The SMILES string of the molecule is O=C(N/N=C\c1ccc(S(=O)(=O)[O-])o1)c1ccccc1F. The number of benzene rings is 1. The van der Waals surface area contributed by atoms with E-state index in [9.17, 15) is 22.2 Å². The predicted molar refractivity (Wildman–Crippen MR) is 68.1 cm³/mol. The molecule has 2 rings (SSSR count). The number of furan rings is 1. The third-order valence-corrected chi connectivity index (χ3v) is 3.04. The minimum Gasteiger partial charge on any atom is -0.742 e. The van der Waals surface area contributed by atoms with Gasteiger partial charge in [0.1, 0.15) is 11.6 Å². The average molecular weight is 311 g/mol. The smallest absolute Gasteiger partial charge is 0.274 e. The lowest BCUT2D eigenvalue weighted by Gasteiger charge is -2.01. The maximum atomic E-state index is 13.3. The van der Waals surface area contributed by atoms with E-state index in [1.54, 1.807) is 0 Å². The van der Waals surface area contributed by atoms with E-state index in [0.717, 1.165) is 18.3 Å². The molecule has 0 saturated carbocycles. The molecule has 1 aromatic heterocycles. The Balaban J connectivity index is 2.05. The molecule has 0 spiro atoms. The van der Waals surface area contributed by atoms with Crippen molar-refractivity contribution >= 4 is 22.2 Å². The Morgan fingerprint density at radius 1 is 1.29 bits per heavy atom. The van der Waals surface area contributed by atoms with Crippen LogP contribution >= 0.6 is 0 Å². The first-order valence-electron chi connectivity index (χ1n) is 5.51. The van der Waals surface area contributed by atoms with E-state index in [2.05, 4.69) is 9.52 Å². The van der Waals surface area contributed by atoms with Gasteiger partial charge in [0.2, 0.25) is 5.09 Å². The lowest BCUT2D eigenvalue weighted by molar-refractivity contribution is 0.0951. The fraction of sp³-hybridized carbons (Fsp3) is 0. The Bertz CT molecular complexity index is 797. The van der Waals surface area contributed by atoms with Crippen LogP contribution in [0, 0.1) is 5.82 Å². The number of nitrogens with zero attached hydrogens (tertiary/aromatic N) is 1. The number of halogens is 1. The quantitative estimate of drug-likeness (QED) is 0.516. The molecule has 0 atom stereocenters. The van der Waals surface area contributed by atoms with Gasteiger partial charge in [0, 0.05) is 0 Å². The fourth-order valence-electron chi connectivity index (χ4n) is 1.40. The van der Waals surface area contributed by atoms with Crippen LogP contribution in [0.4, 0.5) is 4.39 Å². The van der Waals surface area contributed by atoms with Crippen LogP contribution in [-0.4, -0.2) is 25.1 Å². The van der Waals surface area contributed by atoms with E-state index in [1.807, 2.05) is 5.43 Å².